The second-order valence-electron chi connectivity index (χ2n) is 3.96. The lowest BCUT2D eigenvalue weighted by Gasteiger charge is -2.22. The van der Waals surface area contributed by atoms with E-state index in [0.29, 0.717) is 0 Å². The summed E-state index contributed by atoms with van der Waals surface area (Å²) in [6.45, 7) is 2.08. The molecule has 0 aliphatic carbocycles. The summed E-state index contributed by atoms with van der Waals surface area (Å²) in [5.74, 6) is 1.61. The Labute approximate surface area is 115 Å². The molecule has 0 saturated carbocycles. The number of nitrogens with zero attached hydrogens (tertiary/aromatic N) is 3. The topological polar surface area (TPSA) is 41.1 Å². The summed E-state index contributed by atoms with van der Waals surface area (Å²) in [7, 11) is 3.83. The number of nitrogens with one attached hydrogen (secondary N) is 1. The lowest BCUT2D eigenvalue weighted by Crippen LogP contribution is -2.14. The monoisotopic (exact) mass is 306 g/mol. The normalized spacial score (nSPS) is 10.2. The van der Waals surface area contributed by atoms with Gasteiger partial charge in [0, 0.05) is 19.8 Å². The minimum atomic E-state index is 0.778. The van der Waals surface area contributed by atoms with Gasteiger partial charge in [-0.15, -0.1) is 0 Å². The quantitative estimate of drug-likeness (QED) is 0.944. The minimum absolute atomic E-state index is 0.778. The minimum Gasteiger partial charge on any atom is -0.372 e. The smallest absolute Gasteiger partial charge is 0.152 e. The first-order valence-electron chi connectivity index (χ1n) is 5.62. The van der Waals surface area contributed by atoms with E-state index in [4.69, 9.17) is 0 Å². The zero-order valence-corrected chi connectivity index (χ0v) is 12.2. The Morgan fingerprint density at radius 2 is 1.94 bits per heavy atom. The molecule has 0 radical (unpaired) electrons. The van der Waals surface area contributed by atoms with Gasteiger partial charge >= 0.3 is 0 Å². The van der Waals surface area contributed by atoms with Crippen molar-refractivity contribution in [3.8, 4) is 0 Å². The van der Waals surface area contributed by atoms with Crippen LogP contribution in [0.5, 0.6) is 0 Å². The highest BCUT2D eigenvalue weighted by molar-refractivity contribution is 9.10. The Morgan fingerprint density at radius 1 is 1.22 bits per heavy atom. The molecule has 4 nitrogen and oxygen atoms in total. The summed E-state index contributed by atoms with van der Waals surface area (Å²) >= 11 is 3.53. The van der Waals surface area contributed by atoms with Crippen LogP contribution in [0.4, 0.5) is 17.3 Å². The van der Waals surface area contributed by atoms with Crippen molar-refractivity contribution in [2.75, 3.05) is 24.3 Å². The molecule has 0 aliphatic rings. The maximum absolute atomic E-state index is 4.33. The Kier molecular flexibility index (Phi) is 3.81. The summed E-state index contributed by atoms with van der Waals surface area (Å²) in [6.07, 6.45) is 1.56. The van der Waals surface area contributed by atoms with Crippen LogP contribution in [0.15, 0.2) is 35.1 Å². The molecule has 2 aromatic rings. The average Bonchev–Trinajstić information content (AvgIpc) is 2.39. The largest absolute Gasteiger partial charge is 0.372 e. The molecule has 1 aromatic heterocycles. The predicted molar refractivity (Wildman–Crippen MR) is 78.5 cm³/mol. The Hall–Kier alpha value is -1.62. The van der Waals surface area contributed by atoms with Crippen LogP contribution in [-0.2, 0) is 0 Å². The second-order valence-corrected chi connectivity index (χ2v) is 4.75. The van der Waals surface area contributed by atoms with E-state index >= 15 is 0 Å². The first kappa shape index (κ1) is 12.8. The highest BCUT2D eigenvalue weighted by atomic mass is 79.9. The molecular formula is C13H15BrN4. The fraction of sp³-hybridized carbons (Fsp3) is 0.231. The number of rotatable bonds is 3. The third kappa shape index (κ3) is 2.31. The van der Waals surface area contributed by atoms with Crippen LogP contribution in [-0.4, -0.2) is 24.1 Å². The molecule has 1 N–H and O–H groups in total. The molecule has 2 rings (SSSR count). The second kappa shape index (κ2) is 5.35. The molecule has 0 saturated heterocycles. The van der Waals surface area contributed by atoms with Gasteiger partial charge in [0.25, 0.3) is 0 Å². The molecule has 5 heteroatoms. The molecule has 0 atom stereocenters. The molecule has 0 bridgehead atoms. The number of aryl methyl sites for hydroxylation is 1. The summed E-state index contributed by atoms with van der Waals surface area (Å²) < 4.78 is 0.859. The van der Waals surface area contributed by atoms with Crippen LogP contribution < -0.4 is 10.2 Å². The van der Waals surface area contributed by atoms with Crippen LogP contribution in [0.25, 0.3) is 0 Å². The SMILES string of the molecule is CNc1ncnc(N(C)c2ccccc2C)c1Br. The molecule has 18 heavy (non-hydrogen) atoms. The van der Waals surface area contributed by atoms with Crippen molar-refractivity contribution in [1.82, 2.24) is 9.97 Å². The van der Waals surface area contributed by atoms with E-state index in [9.17, 15) is 0 Å². The van der Waals surface area contributed by atoms with Crippen molar-refractivity contribution in [1.29, 1.82) is 0 Å². The van der Waals surface area contributed by atoms with Gasteiger partial charge in [-0.25, -0.2) is 9.97 Å². The fourth-order valence-electron chi connectivity index (χ4n) is 1.82. The highest BCUT2D eigenvalue weighted by Gasteiger charge is 2.14. The maximum Gasteiger partial charge on any atom is 0.152 e. The van der Waals surface area contributed by atoms with E-state index in [0.717, 1.165) is 21.8 Å². The zero-order valence-electron chi connectivity index (χ0n) is 10.6. The molecule has 0 aliphatic heterocycles. The lowest BCUT2D eigenvalue weighted by atomic mass is 10.2. The van der Waals surface area contributed by atoms with Gasteiger partial charge < -0.3 is 10.2 Å². The van der Waals surface area contributed by atoms with Crippen molar-refractivity contribution in [3.05, 3.63) is 40.6 Å². The fourth-order valence-corrected chi connectivity index (χ4v) is 2.49. The van der Waals surface area contributed by atoms with Gasteiger partial charge in [-0.05, 0) is 34.5 Å². The number of benzene rings is 1. The number of hydrogen-bond acceptors (Lipinski definition) is 4. The summed E-state index contributed by atoms with van der Waals surface area (Å²) in [6, 6.07) is 8.20. The third-order valence-corrected chi connectivity index (χ3v) is 3.53. The van der Waals surface area contributed by atoms with Crippen LogP contribution in [0.1, 0.15) is 5.56 Å². The third-order valence-electron chi connectivity index (χ3n) is 2.80. The van der Waals surface area contributed by atoms with E-state index in [2.05, 4.69) is 50.3 Å². The van der Waals surface area contributed by atoms with E-state index in [1.165, 1.54) is 5.56 Å². The van der Waals surface area contributed by atoms with Crippen LogP contribution in [0.3, 0.4) is 0 Å². The summed E-state index contributed by atoms with van der Waals surface area (Å²) in [4.78, 5) is 10.5. The highest BCUT2D eigenvalue weighted by Crippen LogP contribution is 2.33. The first-order valence-corrected chi connectivity index (χ1v) is 6.42. The first-order chi connectivity index (χ1) is 8.65. The van der Waals surface area contributed by atoms with Gasteiger partial charge in [-0.1, -0.05) is 18.2 Å². The van der Waals surface area contributed by atoms with Gasteiger partial charge in [-0.2, -0.15) is 0 Å². The Bertz CT molecular complexity index is 556. The van der Waals surface area contributed by atoms with Gasteiger partial charge in [-0.3, -0.25) is 0 Å². The van der Waals surface area contributed by atoms with Crippen molar-refractivity contribution in [2.45, 2.75) is 6.92 Å². The summed E-state index contributed by atoms with van der Waals surface area (Å²) in [5, 5.41) is 3.03. The molecule has 0 spiro atoms. The molecule has 94 valence electrons. The lowest BCUT2D eigenvalue weighted by molar-refractivity contribution is 1.06. The molecule has 0 fully saturated rings. The van der Waals surface area contributed by atoms with Crippen molar-refractivity contribution in [2.24, 2.45) is 0 Å². The van der Waals surface area contributed by atoms with Gasteiger partial charge in [0.15, 0.2) is 5.82 Å². The van der Waals surface area contributed by atoms with Crippen molar-refractivity contribution < 1.29 is 0 Å². The molecular weight excluding hydrogens is 292 g/mol. The van der Waals surface area contributed by atoms with E-state index in [1.54, 1.807) is 6.33 Å². The Morgan fingerprint density at radius 3 is 2.61 bits per heavy atom. The van der Waals surface area contributed by atoms with Gasteiger partial charge in [0.1, 0.15) is 16.6 Å². The average molecular weight is 307 g/mol. The predicted octanol–water partition coefficient (Wildman–Crippen LogP) is 3.36. The maximum atomic E-state index is 4.33. The number of para-hydroxylation sites is 1. The number of aromatic nitrogens is 2. The zero-order chi connectivity index (χ0) is 13.1. The Balaban J connectivity index is 2.47. The van der Waals surface area contributed by atoms with Crippen molar-refractivity contribution in [3.63, 3.8) is 0 Å². The number of anilines is 3. The molecule has 1 heterocycles. The van der Waals surface area contributed by atoms with Crippen LogP contribution in [0.2, 0.25) is 0 Å². The number of halogens is 1. The molecule has 1 aromatic carbocycles. The van der Waals surface area contributed by atoms with E-state index in [1.807, 2.05) is 31.1 Å². The van der Waals surface area contributed by atoms with Gasteiger partial charge in [0.05, 0.1) is 0 Å². The number of hydrogen-bond donors (Lipinski definition) is 1. The van der Waals surface area contributed by atoms with Crippen LogP contribution in [0, 0.1) is 6.92 Å². The standard InChI is InChI=1S/C13H15BrN4/c1-9-6-4-5-7-10(9)18(3)13-11(14)12(15-2)16-8-17-13/h4-8H,1-3H3,(H,15,16,17). The van der Waals surface area contributed by atoms with Crippen LogP contribution >= 0.6 is 15.9 Å². The molecule has 0 amide bonds. The van der Waals surface area contributed by atoms with E-state index in [-0.39, 0.29) is 0 Å². The summed E-state index contributed by atoms with van der Waals surface area (Å²) in [5.41, 5.74) is 2.33. The molecule has 0 unspecified atom stereocenters. The van der Waals surface area contributed by atoms with E-state index < -0.39 is 0 Å². The van der Waals surface area contributed by atoms with Crippen molar-refractivity contribution >= 4 is 33.3 Å². The van der Waals surface area contributed by atoms with Gasteiger partial charge in [0.2, 0.25) is 0 Å².